The molecular formula is C14H18F2N2O2. The van der Waals surface area contributed by atoms with Crippen LogP contribution in [0.5, 0.6) is 0 Å². The molecule has 1 heterocycles. The summed E-state index contributed by atoms with van der Waals surface area (Å²) in [7, 11) is 0. The van der Waals surface area contributed by atoms with E-state index in [1.54, 1.807) is 0 Å². The number of nitrogens with one attached hydrogen (secondary N) is 2. The molecule has 4 nitrogen and oxygen atoms in total. The van der Waals surface area contributed by atoms with Gasteiger partial charge in [0.25, 0.3) is 6.43 Å². The summed E-state index contributed by atoms with van der Waals surface area (Å²) in [6.45, 7) is 0.521. The lowest BCUT2D eigenvalue weighted by molar-refractivity contribution is -0.121. The maximum Gasteiger partial charge on any atom is 0.261 e. The molecular weight excluding hydrogens is 266 g/mol. The Kier molecular flexibility index (Phi) is 5.29. The van der Waals surface area contributed by atoms with Crippen molar-refractivity contribution in [3.8, 4) is 0 Å². The SMILES string of the molecule is O=C(CC1CNc2ccccc21)NCCOCC(F)F. The van der Waals surface area contributed by atoms with Crippen LogP contribution in [0.25, 0.3) is 0 Å². The van der Waals surface area contributed by atoms with E-state index in [1.165, 1.54) is 0 Å². The molecule has 0 radical (unpaired) electrons. The van der Waals surface area contributed by atoms with Gasteiger partial charge in [-0.1, -0.05) is 18.2 Å². The smallest absolute Gasteiger partial charge is 0.261 e. The molecule has 1 atom stereocenters. The Morgan fingerprint density at radius 1 is 1.45 bits per heavy atom. The molecule has 1 aliphatic heterocycles. The summed E-state index contributed by atoms with van der Waals surface area (Å²) in [5, 5.41) is 5.93. The lowest BCUT2D eigenvalue weighted by Gasteiger charge is -2.10. The van der Waals surface area contributed by atoms with E-state index < -0.39 is 13.0 Å². The fourth-order valence-electron chi connectivity index (χ4n) is 2.27. The molecule has 20 heavy (non-hydrogen) atoms. The number of hydrogen-bond acceptors (Lipinski definition) is 3. The number of amides is 1. The van der Waals surface area contributed by atoms with Crippen molar-refractivity contribution < 1.29 is 18.3 Å². The van der Waals surface area contributed by atoms with Gasteiger partial charge in [0.1, 0.15) is 6.61 Å². The third kappa shape index (κ3) is 4.16. The number of halogens is 2. The van der Waals surface area contributed by atoms with Crippen molar-refractivity contribution in [2.75, 3.05) is 31.6 Å². The number of alkyl halides is 2. The number of carbonyl (C=O) groups excluding carboxylic acids is 1. The van der Waals surface area contributed by atoms with Gasteiger partial charge in [-0.25, -0.2) is 8.78 Å². The highest BCUT2D eigenvalue weighted by molar-refractivity contribution is 5.78. The van der Waals surface area contributed by atoms with Gasteiger partial charge in [0, 0.05) is 31.1 Å². The molecule has 0 saturated carbocycles. The number of anilines is 1. The predicted molar refractivity (Wildman–Crippen MR) is 72.1 cm³/mol. The van der Waals surface area contributed by atoms with Gasteiger partial charge in [-0.2, -0.15) is 0 Å². The Labute approximate surface area is 116 Å². The van der Waals surface area contributed by atoms with E-state index in [2.05, 4.69) is 10.6 Å². The van der Waals surface area contributed by atoms with Crippen LogP contribution in [0.15, 0.2) is 24.3 Å². The van der Waals surface area contributed by atoms with Gasteiger partial charge in [-0.15, -0.1) is 0 Å². The van der Waals surface area contributed by atoms with Crippen molar-refractivity contribution in [3.05, 3.63) is 29.8 Å². The second kappa shape index (κ2) is 7.19. The first-order valence-corrected chi connectivity index (χ1v) is 6.62. The minimum Gasteiger partial charge on any atom is -0.384 e. The minimum atomic E-state index is -2.47. The number of ether oxygens (including phenoxy) is 1. The van der Waals surface area contributed by atoms with E-state index in [4.69, 9.17) is 4.74 Å². The summed E-state index contributed by atoms with van der Waals surface area (Å²) in [5.74, 6) is 0.0716. The Morgan fingerprint density at radius 3 is 3.05 bits per heavy atom. The van der Waals surface area contributed by atoms with Crippen molar-refractivity contribution in [1.82, 2.24) is 5.32 Å². The monoisotopic (exact) mass is 284 g/mol. The summed E-state index contributed by atoms with van der Waals surface area (Å²) < 4.78 is 28.3. The Morgan fingerprint density at radius 2 is 2.25 bits per heavy atom. The zero-order valence-electron chi connectivity index (χ0n) is 11.1. The average Bonchev–Trinajstić information content (AvgIpc) is 2.81. The minimum absolute atomic E-state index is 0.0887. The normalized spacial score (nSPS) is 16.9. The number of hydrogen-bond donors (Lipinski definition) is 2. The second-order valence-corrected chi connectivity index (χ2v) is 4.69. The standard InChI is InChI=1S/C14H18F2N2O2/c15-13(16)9-20-6-5-17-14(19)7-10-8-18-12-4-2-1-3-11(10)12/h1-4,10,13,18H,5-9H2,(H,17,19). The van der Waals surface area contributed by atoms with Crippen molar-refractivity contribution in [2.24, 2.45) is 0 Å². The van der Waals surface area contributed by atoms with E-state index in [9.17, 15) is 13.6 Å². The molecule has 1 aliphatic rings. The zero-order valence-corrected chi connectivity index (χ0v) is 11.1. The zero-order chi connectivity index (χ0) is 14.4. The van der Waals surface area contributed by atoms with Gasteiger partial charge in [0.05, 0.1) is 6.61 Å². The first-order chi connectivity index (χ1) is 9.66. The third-order valence-electron chi connectivity index (χ3n) is 3.18. The Balaban J connectivity index is 1.68. The van der Waals surface area contributed by atoms with Gasteiger partial charge >= 0.3 is 0 Å². The molecule has 110 valence electrons. The first-order valence-electron chi connectivity index (χ1n) is 6.62. The molecule has 0 fully saturated rings. The van der Waals surface area contributed by atoms with Crippen LogP contribution in [0.2, 0.25) is 0 Å². The largest absolute Gasteiger partial charge is 0.384 e. The summed E-state index contributed by atoms with van der Waals surface area (Å²) in [5.41, 5.74) is 2.22. The van der Waals surface area contributed by atoms with Gasteiger partial charge in [-0.3, -0.25) is 4.79 Å². The fourth-order valence-corrected chi connectivity index (χ4v) is 2.27. The van der Waals surface area contributed by atoms with Crippen molar-refractivity contribution in [2.45, 2.75) is 18.8 Å². The van der Waals surface area contributed by atoms with Crippen LogP contribution in [-0.2, 0) is 9.53 Å². The third-order valence-corrected chi connectivity index (χ3v) is 3.18. The summed E-state index contributed by atoms with van der Waals surface area (Å²) in [4.78, 5) is 11.8. The molecule has 0 bridgehead atoms. The van der Waals surface area contributed by atoms with Gasteiger partial charge < -0.3 is 15.4 Å². The van der Waals surface area contributed by atoms with Crippen molar-refractivity contribution in [3.63, 3.8) is 0 Å². The van der Waals surface area contributed by atoms with Crippen LogP contribution < -0.4 is 10.6 Å². The maximum absolute atomic E-state index is 11.8. The van der Waals surface area contributed by atoms with Gasteiger partial charge in [0.2, 0.25) is 5.91 Å². The van der Waals surface area contributed by atoms with Crippen LogP contribution in [0, 0.1) is 0 Å². The number of fused-ring (bicyclic) bond motifs is 1. The van der Waals surface area contributed by atoms with Crippen LogP contribution in [0.4, 0.5) is 14.5 Å². The first kappa shape index (κ1) is 14.7. The number of carbonyl (C=O) groups is 1. The van der Waals surface area contributed by atoms with Crippen LogP contribution in [-0.4, -0.2) is 38.6 Å². The molecule has 1 amide bonds. The van der Waals surface area contributed by atoms with E-state index >= 15 is 0 Å². The number of para-hydroxylation sites is 1. The molecule has 0 spiro atoms. The van der Waals surface area contributed by atoms with Gasteiger partial charge in [-0.05, 0) is 11.6 Å². The van der Waals surface area contributed by atoms with Crippen molar-refractivity contribution >= 4 is 11.6 Å². The number of rotatable bonds is 7. The molecule has 2 rings (SSSR count). The summed E-state index contributed by atoms with van der Waals surface area (Å²) in [6, 6.07) is 7.91. The Hall–Kier alpha value is -1.69. The highest BCUT2D eigenvalue weighted by Gasteiger charge is 2.23. The Bertz CT molecular complexity index is 455. The highest BCUT2D eigenvalue weighted by atomic mass is 19.3. The van der Waals surface area contributed by atoms with E-state index in [0.717, 1.165) is 17.8 Å². The summed E-state index contributed by atoms with van der Waals surface area (Å²) in [6.07, 6.45) is -2.08. The predicted octanol–water partition coefficient (Wildman–Crippen LogP) is 1.98. The van der Waals surface area contributed by atoms with Crippen LogP contribution >= 0.6 is 0 Å². The van der Waals surface area contributed by atoms with E-state index in [0.29, 0.717) is 6.42 Å². The average molecular weight is 284 g/mol. The van der Waals surface area contributed by atoms with E-state index in [1.807, 2.05) is 24.3 Å². The molecule has 0 aromatic heterocycles. The topological polar surface area (TPSA) is 50.4 Å². The maximum atomic E-state index is 11.8. The molecule has 6 heteroatoms. The lowest BCUT2D eigenvalue weighted by Crippen LogP contribution is -2.29. The molecule has 2 N–H and O–H groups in total. The second-order valence-electron chi connectivity index (χ2n) is 4.69. The lowest BCUT2D eigenvalue weighted by atomic mass is 9.98. The quantitative estimate of drug-likeness (QED) is 0.753. The van der Waals surface area contributed by atoms with Crippen LogP contribution in [0.1, 0.15) is 17.9 Å². The molecule has 1 aromatic carbocycles. The van der Waals surface area contributed by atoms with Crippen LogP contribution in [0.3, 0.4) is 0 Å². The molecule has 1 aromatic rings. The molecule has 1 unspecified atom stereocenters. The van der Waals surface area contributed by atoms with Crippen molar-refractivity contribution in [1.29, 1.82) is 0 Å². The number of benzene rings is 1. The van der Waals surface area contributed by atoms with Gasteiger partial charge in [0.15, 0.2) is 0 Å². The highest BCUT2D eigenvalue weighted by Crippen LogP contribution is 2.32. The molecule has 0 aliphatic carbocycles. The molecule has 0 saturated heterocycles. The van der Waals surface area contributed by atoms with E-state index in [-0.39, 0.29) is 25.0 Å². The fraction of sp³-hybridized carbons (Fsp3) is 0.500. The summed E-state index contributed by atoms with van der Waals surface area (Å²) >= 11 is 0.